The van der Waals surface area contributed by atoms with E-state index in [-0.39, 0.29) is 17.5 Å². The molecule has 3 aliphatic carbocycles. The monoisotopic (exact) mass is 383 g/mol. The number of nitrogens with zero attached hydrogens (tertiary/aromatic N) is 3. The molecule has 150 valence electrons. The van der Waals surface area contributed by atoms with Gasteiger partial charge in [-0.25, -0.2) is 4.79 Å². The number of hydrogen-bond acceptors (Lipinski definition) is 4. The summed E-state index contributed by atoms with van der Waals surface area (Å²) in [7, 11) is 0. The zero-order chi connectivity index (χ0) is 19.5. The van der Waals surface area contributed by atoms with Crippen LogP contribution in [-0.4, -0.2) is 40.1 Å². The molecule has 1 saturated heterocycles. The first-order chi connectivity index (χ1) is 13.4. The minimum Gasteiger partial charge on any atom is -0.465 e. The van der Waals surface area contributed by atoms with E-state index in [9.17, 15) is 4.79 Å². The predicted octanol–water partition coefficient (Wildman–Crippen LogP) is 3.39. The van der Waals surface area contributed by atoms with Crippen LogP contribution in [0.4, 0.5) is 16.2 Å². The third kappa shape index (κ3) is 2.71. The fraction of sp³-hybridized carbons (Fsp3) is 0.619. The molecule has 2 aromatic rings. The Kier molecular flexibility index (Phi) is 3.96. The van der Waals surface area contributed by atoms with E-state index in [4.69, 9.17) is 15.9 Å². The van der Waals surface area contributed by atoms with E-state index >= 15 is 0 Å². The summed E-state index contributed by atoms with van der Waals surface area (Å²) >= 11 is 0. The lowest BCUT2D eigenvalue weighted by molar-refractivity contribution is 0.0637. The second kappa shape index (κ2) is 6.29. The molecule has 2 atom stereocenters. The van der Waals surface area contributed by atoms with Crippen LogP contribution in [0.3, 0.4) is 0 Å². The summed E-state index contributed by atoms with van der Waals surface area (Å²) in [5.41, 5.74) is 9.30. The summed E-state index contributed by atoms with van der Waals surface area (Å²) in [4.78, 5) is 13.3. The number of anilines is 2. The molecular formula is C21H29N5O2. The Labute approximate surface area is 164 Å². The largest absolute Gasteiger partial charge is 0.465 e. The third-order valence-corrected chi connectivity index (χ3v) is 7.47. The molecule has 28 heavy (non-hydrogen) atoms. The van der Waals surface area contributed by atoms with Crippen LogP contribution >= 0.6 is 0 Å². The number of hydrogen-bond donors (Lipinski definition) is 3. The van der Waals surface area contributed by atoms with Gasteiger partial charge in [0.05, 0.1) is 28.5 Å². The van der Waals surface area contributed by atoms with Crippen molar-refractivity contribution in [2.75, 3.05) is 23.7 Å². The molecule has 2 heterocycles. The SMILES string of the molecule is CC1CN(c2c(N)ccc3nn(C45CCC(CC4)CC5)cc23)CC1NC(=O)O. The van der Waals surface area contributed by atoms with Crippen molar-refractivity contribution in [3.63, 3.8) is 0 Å². The number of carbonyl (C=O) groups is 1. The number of aromatic nitrogens is 2. The molecule has 1 aliphatic heterocycles. The van der Waals surface area contributed by atoms with E-state index in [1.54, 1.807) is 0 Å². The zero-order valence-corrected chi connectivity index (χ0v) is 16.4. The topological polar surface area (TPSA) is 96.4 Å². The molecule has 0 spiro atoms. The van der Waals surface area contributed by atoms with Crippen LogP contribution in [0.25, 0.3) is 10.9 Å². The molecule has 1 aromatic carbocycles. The lowest BCUT2D eigenvalue weighted by Crippen LogP contribution is -2.42. The van der Waals surface area contributed by atoms with E-state index in [2.05, 4.69) is 28.0 Å². The quantitative estimate of drug-likeness (QED) is 0.706. The average Bonchev–Trinajstić information content (AvgIpc) is 3.27. The van der Waals surface area contributed by atoms with Crippen LogP contribution in [0.1, 0.15) is 45.4 Å². The fourth-order valence-corrected chi connectivity index (χ4v) is 5.76. The highest BCUT2D eigenvalue weighted by Gasteiger charge is 2.42. The summed E-state index contributed by atoms with van der Waals surface area (Å²) < 4.78 is 2.24. The molecular weight excluding hydrogens is 354 g/mol. The van der Waals surface area contributed by atoms with E-state index < -0.39 is 6.09 Å². The molecule has 4 fully saturated rings. The van der Waals surface area contributed by atoms with Gasteiger partial charge in [0.25, 0.3) is 0 Å². The Balaban J connectivity index is 1.52. The highest BCUT2D eigenvalue weighted by Crippen LogP contribution is 2.49. The van der Waals surface area contributed by atoms with Crippen LogP contribution in [0, 0.1) is 11.8 Å². The van der Waals surface area contributed by atoms with E-state index in [0.29, 0.717) is 6.54 Å². The molecule has 2 unspecified atom stereocenters. The Morgan fingerprint density at radius 3 is 2.64 bits per heavy atom. The summed E-state index contributed by atoms with van der Waals surface area (Å²) in [5.74, 6) is 1.15. The standard InChI is InChI=1S/C21H29N5O2/c1-13-10-25(12-18(13)23-20(27)28)19-15-11-26(24-17(15)3-2-16(19)22)21-7-4-14(5-8-21)6-9-21/h2-3,11,13-14,18,23H,4-10,12,22H2,1H3,(H,27,28). The van der Waals surface area contributed by atoms with Gasteiger partial charge >= 0.3 is 6.09 Å². The van der Waals surface area contributed by atoms with Crippen molar-refractivity contribution >= 4 is 28.4 Å². The van der Waals surface area contributed by atoms with Gasteiger partial charge in [0, 0.05) is 24.7 Å². The molecule has 4 N–H and O–H groups in total. The zero-order valence-electron chi connectivity index (χ0n) is 16.4. The van der Waals surface area contributed by atoms with Crippen molar-refractivity contribution in [1.82, 2.24) is 15.1 Å². The number of nitrogens with two attached hydrogens (primary N) is 1. The first-order valence-corrected chi connectivity index (χ1v) is 10.5. The Bertz CT molecular complexity index is 901. The summed E-state index contributed by atoms with van der Waals surface area (Å²) in [5, 5.41) is 17.8. The Morgan fingerprint density at radius 1 is 1.25 bits per heavy atom. The number of nitrogen functional groups attached to an aromatic ring is 1. The number of fused-ring (bicyclic) bond motifs is 4. The molecule has 1 amide bonds. The van der Waals surface area contributed by atoms with Gasteiger partial charge in [0.1, 0.15) is 0 Å². The van der Waals surface area contributed by atoms with E-state index in [1.807, 2.05) is 12.1 Å². The maximum atomic E-state index is 11.1. The molecule has 6 rings (SSSR count). The van der Waals surface area contributed by atoms with Crippen LogP contribution in [0.15, 0.2) is 18.3 Å². The number of rotatable bonds is 3. The van der Waals surface area contributed by atoms with Crippen LogP contribution < -0.4 is 16.0 Å². The highest BCUT2D eigenvalue weighted by atomic mass is 16.4. The van der Waals surface area contributed by atoms with Gasteiger partial charge < -0.3 is 21.1 Å². The van der Waals surface area contributed by atoms with Crippen molar-refractivity contribution in [3.8, 4) is 0 Å². The van der Waals surface area contributed by atoms with E-state index in [0.717, 1.165) is 34.7 Å². The van der Waals surface area contributed by atoms with Gasteiger partial charge in [-0.1, -0.05) is 6.92 Å². The molecule has 7 nitrogen and oxygen atoms in total. The van der Waals surface area contributed by atoms with Gasteiger partial charge in [-0.3, -0.25) is 4.68 Å². The average molecular weight is 383 g/mol. The second-order valence-electron chi connectivity index (χ2n) is 9.15. The molecule has 1 aromatic heterocycles. The van der Waals surface area contributed by atoms with Crippen molar-refractivity contribution < 1.29 is 9.90 Å². The lowest BCUT2D eigenvalue weighted by Gasteiger charge is -2.46. The van der Waals surface area contributed by atoms with Crippen molar-refractivity contribution in [2.45, 2.75) is 57.0 Å². The Hall–Kier alpha value is -2.44. The summed E-state index contributed by atoms with van der Waals surface area (Å²) in [6, 6.07) is 3.87. The van der Waals surface area contributed by atoms with Crippen molar-refractivity contribution in [3.05, 3.63) is 18.3 Å². The minimum absolute atomic E-state index is 0.0885. The second-order valence-corrected chi connectivity index (χ2v) is 9.15. The van der Waals surface area contributed by atoms with Crippen LogP contribution in [-0.2, 0) is 5.54 Å². The maximum Gasteiger partial charge on any atom is 0.404 e. The minimum atomic E-state index is -0.968. The lowest BCUT2D eigenvalue weighted by atomic mass is 9.66. The molecule has 3 saturated carbocycles. The van der Waals surface area contributed by atoms with Gasteiger partial charge in [-0.2, -0.15) is 5.10 Å². The summed E-state index contributed by atoms with van der Waals surface area (Å²) in [6.07, 6.45) is 8.86. The van der Waals surface area contributed by atoms with Gasteiger partial charge in [-0.05, 0) is 62.5 Å². The normalized spacial score (nSPS) is 32.2. The van der Waals surface area contributed by atoms with Crippen LogP contribution in [0.5, 0.6) is 0 Å². The molecule has 4 aliphatic rings. The molecule has 7 heteroatoms. The highest BCUT2D eigenvalue weighted by molar-refractivity contribution is 5.98. The first-order valence-electron chi connectivity index (χ1n) is 10.5. The molecule has 0 radical (unpaired) electrons. The molecule has 2 bridgehead atoms. The van der Waals surface area contributed by atoms with Gasteiger partial charge in [-0.15, -0.1) is 0 Å². The number of amides is 1. The van der Waals surface area contributed by atoms with Gasteiger partial charge in [0.2, 0.25) is 0 Å². The van der Waals surface area contributed by atoms with E-state index in [1.165, 1.54) is 38.5 Å². The smallest absolute Gasteiger partial charge is 0.404 e. The van der Waals surface area contributed by atoms with Gasteiger partial charge in [0.15, 0.2) is 0 Å². The maximum absolute atomic E-state index is 11.1. The van der Waals surface area contributed by atoms with Crippen molar-refractivity contribution in [1.29, 1.82) is 0 Å². The van der Waals surface area contributed by atoms with Crippen molar-refractivity contribution in [2.24, 2.45) is 11.8 Å². The predicted molar refractivity (Wildman–Crippen MR) is 110 cm³/mol. The fourth-order valence-electron chi connectivity index (χ4n) is 5.76. The number of benzene rings is 1. The number of carboxylic acid groups (broad SMARTS) is 1. The number of nitrogens with one attached hydrogen (secondary N) is 1. The summed E-state index contributed by atoms with van der Waals surface area (Å²) in [6.45, 7) is 3.50. The van der Waals surface area contributed by atoms with Crippen LogP contribution in [0.2, 0.25) is 0 Å². The third-order valence-electron chi connectivity index (χ3n) is 7.47. The Morgan fingerprint density at radius 2 is 1.96 bits per heavy atom. The first kappa shape index (κ1) is 17.6.